The first kappa shape index (κ1) is 8.08. The molecule has 2 N–H and O–H groups in total. The maximum atomic E-state index is 11.8. The molecule has 0 bridgehead atoms. The van der Waals surface area contributed by atoms with E-state index in [0.717, 1.165) is 0 Å². The van der Waals surface area contributed by atoms with Gasteiger partial charge in [-0.05, 0) is 13.3 Å². The molecule has 3 nitrogen and oxygen atoms in total. The normalized spacial score (nSPS) is 16.0. The van der Waals surface area contributed by atoms with Gasteiger partial charge in [-0.15, -0.1) is 0 Å². The Bertz CT molecular complexity index is 109. The van der Waals surface area contributed by atoms with E-state index in [1.807, 2.05) is 0 Å². The highest BCUT2D eigenvalue weighted by Gasteiger charge is 2.25. The summed E-state index contributed by atoms with van der Waals surface area (Å²) in [7, 11) is -4.49. The zero-order valence-electron chi connectivity index (χ0n) is 4.12. The fraction of sp³-hybridized carbons (Fsp3) is 0.667. The highest BCUT2D eigenvalue weighted by Crippen LogP contribution is 2.43. The van der Waals surface area contributed by atoms with Crippen molar-refractivity contribution in [2.24, 2.45) is 0 Å². The van der Waals surface area contributed by atoms with Crippen molar-refractivity contribution in [1.82, 2.24) is 0 Å². The van der Waals surface area contributed by atoms with Crippen LogP contribution in [0.15, 0.2) is 0 Å². The van der Waals surface area contributed by atoms with E-state index in [1.54, 1.807) is 0 Å². The topological polar surface area (TPSA) is 57.5 Å². The van der Waals surface area contributed by atoms with Gasteiger partial charge in [0.15, 0.2) is 0 Å². The van der Waals surface area contributed by atoms with Crippen molar-refractivity contribution in [2.45, 2.75) is 12.3 Å². The third kappa shape index (κ3) is 2.40. The summed E-state index contributed by atoms with van der Waals surface area (Å²) in [6.45, 7) is 2.98. The molecule has 0 saturated heterocycles. The lowest BCUT2D eigenvalue weighted by Gasteiger charge is -2.04. The molecule has 1 unspecified atom stereocenters. The van der Waals surface area contributed by atoms with Crippen LogP contribution >= 0.6 is 7.60 Å². The highest BCUT2D eigenvalue weighted by molar-refractivity contribution is 7.52. The highest BCUT2D eigenvalue weighted by atomic mass is 31.2. The molecular formula is C3H7FO3P. The lowest BCUT2D eigenvalue weighted by Crippen LogP contribution is -1.97. The molecule has 0 amide bonds. The van der Waals surface area contributed by atoms with E-state index < -0.39 is 13.5 Å². The monoisotopic (exact) mass is 141 g/mol. The van der Waals surface area contributed by atoms with E-state index in [0.29, 0.717) is 0 Å². The summed E-state index contributed by atoms with van der Waals surface area (Å²) in [6, 6.07) is 0. The Morgan fingerprint density at radius 2 is 2.12 bits per heavy atom. The largest absolute Gasteiger partial charge is 0.359 e. The smallest absolute Gasteiger partial charge is 0.322 e. The molecule has 0 fully saturated rings. The molecule has 0 heterocycles. The van der Waals surface area contributed by atoms with Crippen LogP contribution in [-0.4, -0.2) is 15.7 Å². The Labute approximate surface area is 46.7 Å². The van der Waals surface area contributed by atoms with Crippen molar-refractivity contribution in [3.8, 4) is 0 Å². The first-order valence-electron chi connectivity index (χ1n) is 1.97. The molecule has 0 aliphatic rings. The van der Waals surface area contributed by atoms with Crippen LogP contribution in [0, 0.1) is 6.92 Å². The lowest BCUT2D eigenvalue weighted by molar-refractivity contribution is 0.300. The Morgan fingerprint density at radius 1 is 1.75 bits per heavy atom. The molecular weight excluding hydrogens is 134 g/mol. The summed E-state index contributed by atoms with van der Waals surface area (Å²) in [5, 5.41) is 0. The van der Waals surface area contributed by atoms with Gasteiger partial charge in [-0.2, -0.15) is 0 Å². The van der Waals surface area contributed by atoms with E-state index in [4.69, 9.17) is 9.79 Å². The molecule has 1 atom stereocenters. The zero-order chi connectivity index (χ0) is 6.78. The minimum absolute atomic E-state index is 0.385. The van der Waals surface area contributed by atoms with Gasteiger partial charge in [0.2, 0.25) is 5.91 Å². The predicted molar refractivity (Wildman–Crippen MR) is 26.9 cm³/mol. The predicted octanol–water partition coefficient (Wildman–Crippen LogP) is 0.684. The Morgan fingerprint density at radius 3 is 2.12 bits per heavy atom. The minimum Gasteiger partial charge on any atom is -0.322 e. The summed E-state index contributed by atoms with van der Waals surface area (Å²) in [4.78, 5) is 16.0. The first-order valence-corrected chi connectivity index (χ1v) is 3.65. The van der Waals surface area contributed by atoms with E-state index in [1.165, 1.54) is 0 Å². The van der Waals surface area contributed by atoms with Crippen LogP contribution in [-0.2, 0) is 4.57 Å². The summed E-state index contributed by atoms with van der Waals surface area (Å²) in [5.41, 5.74) is 0. The molecule has 5 heteroatoms. The molecule has 0 aliphatic heterocycles. The van der Waals surface area contributed by atoms with E-state index in [-0.39, 0.29) is 6.42 Å². The zero-order valence-corrected chi connectivity index (χ0v) is 5.01. The number of rotatable bonds is 2. The van der Waals surface area contributed by atoms with Gasteiger partial charge < -0.3 is 9.79 Å². The molecule has 49 valence electrons. The average molecular weight is 141 g/mol. The Balaban J connectivity index is 3.82. The lowest BCUT2D eigenvalue weighted by atomic mass is 10.6. The van der Waals surface area contributed by atoms with Gasteiger partial charge in [0.25, 0.3) is 0 Å². The second-order valence-electron chi connectivity index (χ2n) is 1.31. The van der Waals surface area contributed by atoms with Crippen molar-refractivity contribution in [3.63, 3.8) is 0 Å². The fourth-order valence-electron chi connectivity index (χ4n) is 0.168. The van der Waals surface area contributed by atoms with Gasteiger partial charge in [-0.1, -0.05) is 0 Å². The van der Waals surface area contributed by atoms with Gasteiger partial charge in [-0.25, -0.2) is 4.39 Å². The van der Waals surface area contributed by atoms with Crippen LogP contribution in [0.4, 0.5) is 4.39 Å². The maximum absolute atomic E-state index is 11.8. The summed E-state index contributed by atoms with van der Waals surface area (Å²) in [5.74, 6) is -2.09. The minimum atomic E-state index is -4.49. The van der Waals surface area contributed by atoms with Crippen LogP contribution in [0.25, 0.3) is 0 Å². The van der Waals surface area contributed by atoms with Gasteiger partial charge in [0, 0.05) is 0 Å². The number of hydrogen-bond donors (Lipinski definition) is 2. The first-order chi connectivity index (χ1) is 3.48. The molecule has 0 aromatic heterocycles. The van der Waals surface area contributed by atoms with E-state index in [2.05, 4.69) is 6.92 Å². The number of hydrogen-bond acceptors (Lipinski definition) is 1. The van der Waals surface area contributed by atoms with Crippen LogP contribution in [0.2, 0.25) is 0 Å². The molecule has 0 saturated carbocycles. The molecule has 8 heavy (non-hydrogen) atoms. The summed E-state index contributed by atoms with van der Waals surface area (Å²) < 4.78 is 21.7. The maximum Gasteiger partial charge on any atom is 0.359 e. The SMILES string of the molecule is [CH2]CC(F)P(=O)(O)O. The van der Waals surface area contributed by atoms with E-state index >= 15 is 0 Å². The Kier molecular flexibility index (Phi) is 2.60. The van der Waals surface area contributed by atoms with Gasteiger partial charge in [0.05, 0.1) is 0 Å². The third-order valence-electron chi connectivity index (χ3n) is 0.603. The van der Waals surface area contributed by atoms with Gasteiger partial charge >= 0.3 is 7.60 Å². The molecule has 0 aromatic rings. The van der Waals surface area contributed by atoms with Crippen LogP contribution in [0.3, 0.4) is 0 Å². The second kappa shape index (κ2) is 2.58. The van der Waals surface area contributed by atoms with Crippen LogP contribution < -0.4 is 0 Å². The van der Waals surface area contributed by atoms with Crippen molar-refractivity contribution in [1.29, 1.82) is 0 Å². The molecule has 0 aliphatic carbocycles. The van der Waals surface area contributed by atoms with Crippen molar-refractivity contribution in [3.05, 3.63) is 6.92 Å². The van der Waals surface area contributed by atoms with Gasteiger partial charge in [-0.3, -0.25) is 4.57 Å². The van der Waals surface area contributed by atoms with Crippen LogP contribution in [0.5, 0.6) is 0 Å². The van der Waals surface area contributed by atoms with Gasteiger partial charge in [0.1, 0.15) is 0 Å². The van der Waals surface area contributed by atoms with Crippen molar-refractivity contribution < 1.29 is 18.7 Å². The molecule has 0 aromatic carbocycles. The van der Waals surface area contributed by atoms with Crippen LogP contribution in [0.1, 0.15) is 6.42 Å². The second-order valence-corrected chi connectivity index (χ2v) is 3.05. The Hall–Kier alpha value is 0.0800. The number of halogens is 1. The van der Waals surface area contributed by atoms with Crippen molar-refractivity contribution >= 4 is 7.60 Å². The number of alkyl halides is 1. The standard InChI is InChI=1S/C3H7FO3P/c1-2-3(4)8(5,6)7/h3H,1-2H2,(H2,5,6,7). The quantitative estimate of drug-likeness (QED) is 0.556. The molecule has 0 rings (SSSR count). The van der Waals surface area contributed by atoms with Crippen molar-refractivity contribution in [2.75, 3.05) is 0 Å². The third-order valence-corrected chi connectivity index (χ3v) is 1.59. The summed E-state index contributed by atoms with van der Waals surface area (Å²) >= 11 is 0. The molecule has 1 radical (unpaired) electrons. The fourth-order valence-corrected chi connectivity index (χ4v) is 0.505. The van der Waals surface area contributed by atoms with E-state index in [9.17, 15) is 8.96 Å². The summed E-state index contributed by atoms with van der Waals surface area (Å²) in [6.07, 6.45) is -0.385. The molecule has 0 spiro atoms. The average Bonchev–Trinajstić information content (AvgIpc) is 1.62.